The van der Waals surface area contributed by atoms with Gasteiger partial charge >= 0.3 is 18.5 Å². The van der Waals surface area contributed by atoms with Crippen LogP contribution in [0.15, 0.2) is 54.6 Å². The van der Waals surface area contributed by atoms with Gasteiger partial charge in [-0.25, -0.2) is 4.79 Å². The molecule has 0 aliphatic carbocycles. The highest BCUT2D eigenvalue weighted by Gasteiger charge is 2.53. The molecule has 1 unspecified atom stereocenters. The number of fused-ring (bicyclic) bond motifs is 1. The molecule has 0 spiro atoms. The Bertz CT molecular complexity index is 1340. The molecular formula is C29H30F6O4S. The van der Waals surface area contributed by atoms with Crippen LogP contribution in [-0.2, 0) is 16.0 Å². The molecule has 2 aromatic carbocycles. The van der Waals surface area contributed by atoms with E-state index in [1.807, 2.05) is 6.92 Å². The molecule has 3 rings (SSSR count). The molecule has 0 amide bonds. The number of benzene rings is 2. The summed E-state index contributed by atoms with van der Waals surface area (Å²) in [6.45, 7) is 5.82. The quantitative estimate of drug-likeness (QED) is 0.0916. The molecule has 0 bridgehead atoms. The SMILES string of the molecule is C=C(C)C(=O)OCC(C)(COc1ccc2cc(-c3ccc(CCCCC)cc3OC(F)(F)F)sc2c1)C(F)(F)F. The minimum atomic E-state index is -4.88. The van der Waals surface area contributed by atoms with Crippen LogP contribution in [0.1, 0.15) is 45.6 Å². The van der Waals surface area contributed by atoms with Crippen molar-refractivity contribution in [2.45, 2.75) is 59.0 Å². The largest absolute Gasteiger partial charge is 0.573 e. The zero-order chi connectivity index (χ0) is 29.7. The summed E-state index contributed by atoms with van der Waals surface area (Å²) in [4.78, 5) is 12.1. The topological polar surface area (TPSA) is 44.8 Å². The van der Waals surface area contributed by atoms with Crippen LogP contribution < -0.4 is 9.47 Å². The smallest absolute Gasteiger partial charge is 0.492 e. The molecule has 0 aliphatic heterocycles. The minimum Gasteiger partial charge on any atom is -0.492 e. The zero-order valence-corrected chi connectivity index (χ0v) is 23.1. The number of halogens is 6. The third kappa shape index (κ3) is 8.16. The minimum absolute atomic E-state index is 0.0284. The van der Waals surface area contributed by atoms with E-state index in [2.05, 4.69) is 11.3 Å². The fourth-order valence-electron chi connectivity index (χ4n) is 3.74. The van der Waals surface area contributed by atoms with Gasteiger partial charge in [0, 0.05) is 20.7 Å². The van der Waals surface area contributed by atoms with Crippen molar-refractivity contribution in [3.05, 3.63) is 60.2 Å². The van der Waals surface area contributed by atoms with E-state index in [1.165, 1.54) is 25.1 Å². The first-order chi connectivity index (χ1) is 18.6. The summed E-state index contributed by atoms with van der Waals surface area (Å²) in [6, 6.07) is 11.0. The highest BCUT2D eigenvalue weighted by Crippen LogP contribution is 2.43. The Balaban J connectivity index is 1.85. The van der Waals surface area contributed by atoms with Crippen molar-refractivity contribution in [3.8, 4) is 21.9 Å². The molecule has 1 atom stereocenters. The molecule has 11 heteroatoms. The monoisotopic (exact) mass is 588 g/mol. The Morgan fingerprint density at radius 2 is 1.70 bits per heavy atom. The van der Waals surface area contributed by atoms with Crippen LogP contribution in [0.2, 0.25) is 0 Å². The van der Waals surface area contributed by atoms with Gasteiger partial charge in [-0.1, -0.05) is 32.4 Å². The summed E-state index contributed by atoms with van der Waals surface area (Å²) < 4.78 is 96.1. The Kier molecular flexibility index (Phi) is 9.81. The van der Waals surface area contributed by atoms with Crippen LogP contribution in [0.4, 0.5) is 26.3 Å². The molecular weight excluding hydrogens is 558 g/mol. The normalized spacial score (nSPS) is 13.6. The highest BCUT2D eigenvalue weighted by molar-refractivity contribution is 7.22. The second-order valence-electron chi connectivity index (χ2n) is 9.85. The summed E-state index contributed by atoms with van der Waals surface area (Å²) in [7, 11) is 0. The molecule has 0 fully saturated rings. The molecule has 0 saturated heterocycles. The lowest BCUT2D eigenvalue weighted by atomic mass is 9.92. The van der Waals surface area contributed by atoms with Crippen molar-refractivity contribution in [1.82, 2.24) is 0 Å². The number of rotatable bonds is 12. The molecule has 218 valence electrons. The molecule has 0 aliphatic rings. The third-order valence-corrected chi connectivity index (χ3v) is 7.34. The second-order valence-corrected chi connectivity index (χ2v) is 10.9. The van der Waals surface area contributed by atoms with E-state index in [-0.39, 0.29) is 22.6 Å². The van der Waals surface area contributed by atoms with E-state index in [0.717, 1.165) is 43.1 Å². The predicted molar refractivity (Wildman–Crippen MR) is 143 cm³/mol. The van der Waals surface area contributed by atoms with E-state index in [9.17, 15) is 31.1 Å². The lowest BCUT2D eigenvalue weighted by Crippen LogP contribution is -2.44. The van der Waals surface area contributed by atoms with Crippen LogP contribution >= 0.6 is 11.3 Å². The summed E-state index contributed by atoms with van der Waals surface area (Å²) in [5.74, 6) is -1.12. The van der Waals surface area contributed by atoms with Crippen LogP contribution in [0.25, 0.3) is 20.5 Å². The second kappa shape index (κ2) is 12.5. The zero-order valence-electron chi connectivity index (χ0n) is 22.3. The summed E-state index contributed by atoms with van der Waals surface area (Å²) in [5.41, 5.74) is -1.53. The van der Waals surface area contributed by atoms with Gasteiger partial charge < -0.3 is 14.2 Å². The third-order valence-electron chi connectivity index (χ3n) is 6.21. The van der Waals surface area contributed by atoms with Crippen LogP contribution in [0, 0.1) is 5.41 Å². The fraction of sp³-hybridized carbons (Fsp3) is 0.414. The first-order valence-electron chi connectivity index (χ1n) is 12.6. The number of carbonyl (C=O) groups is 1. The van der Waals surface area contributed by atoms with Crippen LogP contribution in [0.5, 0.6) is 11.5 Å². The molecule has 0 radical (unpaired) electrons. The Hall–Kier alpha value is -3.21. The number of thiophene rings is 1. The van der Waals surface area contributed by atoms with Gasteiger partial charge in [0.25, 0.3) is 0 Å². The number of aryl methyl sites for hydroxylation is 1. The van der Waals surface area contributed by atoms with Gasteiger partial charge in [-0.3, -0.25) is 0 Å². The molecule has 3 aromatic rings. The number of alkyl halides is 6. The maximum absolute atomic E-state index is 13.8. The summed E-state index contributed by atoms with van der Waals surface area (Å²) in [5, 5.41) is 0.673. The van der Waals surface area contributed by atoms with Gasteiger partial charge in [0.2, 0.25) is 0 Å². The van der Waals surface area contributed by atoms with E-state index < -0.39 is 37.1 Å². The Labute approximate surface area is 232 Å². The maximum Gasteiger partial charge on any atom is 0.573 e. The van der Waals surface area contributed by atoms with Crippen molar-refractivity contribution in [3.63, 3.8) is 0 Å². The van der Waals surface area contributed by atoms with Crippen molar-refractivity contribution in [2.75, 3.05) is 13.2 Å². The van der Waals surface area contributed by atoms with E-state index in [0.29, 0.717) is 21.4 Å². The first kappa shape index (κ1) is 31.3. The van der Waals surface area contributed by atoms with Gasteiger partial charge in [0.05, 0.1) is 0 Å². The molecule has 0 N–H and O–H groups in total. The number of unbranched alkanes of at least 4 members (excludes halogenated alkanes) is 2. The average molecular weight is 589 g/mol. The summed E-state index contributed by atoms with van der Waals surface area (Å²) >= 11 is 1.16. The number of hydrogen-bond donors (Lipinski definition) is 0. The van der Waals surface area contributed by atoms with Crippen molar-refractivity contribution in [1.29, 1.82) is 0 Å². The van der Waals surface area contributed by atoms with Crippen molar-refractivity contribution in [2.24, 2.45) is 5.41 Å². The molecule has 1 heterocycles. The fourth-order valence-corrected chi connectivity index (χ4v) is 4.87. The van der Waals surface area contributed by atoms with Gasteiger partial charge in [0.1, 0.15) is 30.1 Å². The lowest BCUT2D eigenvalue weighted by molar-refractivity contribution is -0.274. The number of ether oxygens (including phenoxy) is 3. The first-order valence-corrected chi connectivity index (χ1v) is 13.4. The molecule has 4 nitrogen and oxygen atoms in total. The maximum atomic E-state index is 13.8. The summed E-state index contributed by atoms with van der Waals surface area (Å²) in [6.07, 6.45) is -6.21. The van der Waals surface area contributed by atoms with E-state index >= 15 is 0 Å². The molecule has 40 heavy (non-hydrogen) atoms. The van der Waals surface area contributed by atoms with Gasteiger partial charge in [0.15, 0.2) is 0 Å². The standard InChI is InChI=1S/C29H30F6O4S/c1-5-6-7-8-19-9-12-22(23(13-19)39-29(33,34)35)25-14-20-10-11-21(15-24(20)40-25)37-16-27(4,28(30,31)32)17-38-26(36)18(2)3/h9-15H,2,5-8,16-17H2,1,3-4H3. The predicted octanol–water partition coefficient (Wildman–Crippen LogP) is 9.27. The molecule has 1 aromatic heterocycles. The van der Waals surface area contributed by atoms with Crippen LogP contribution in [-0.4, -0.2) is 31.7 Å². The number of esters is 1. The molecule has 0 saturated carbocycles. The van der Waals surface area contributed by atoms with Gasteiger partial charge in [-0.2, -0.15) is 13.2 Å². The van der Waals surface area contributed by atoms with Crippen LogP contribution in [0.3, 0.4) is 0 Å². The lowest BCUT2D eigenvalue weighted by Gasteiger charge is -2.31. The Morgan fingerprint density at radius 3 is 2.33 bits per heavy atom. The van der Waals surface area contributed by atoms with E-state index in [4.69, 9.17) is 9.47 Å². The average Bonchev–Trinajstić information content (AvgIpc) is 3.27. The van der Waals surface area contributed by atoms with Crippen molar-refractivity contribution >= 4 is 27.4 Å². The highest BCUT2D eigenvalue weighted by atomic mass is 32.1. The number of hydrogen-bond acceptors (Lipinski definition) is 5. The van der Waals surface area contributed by atoms with Crippen molar-refractivity contribution < 1.29 is 45.3 Å². The van der Waals surface area contributed by atoms with Gasteiger partial charge in [-0.05, 0) is 74.0 Å². The number of carbonyl (C=O) groups excluding carboxylic acids is 1. The van der Waals surface area contributed by atoms with Gasteiger partial charge in [-0.15, -0.1) is 24.5 Å². The van der Waals surface area contributed by atoms with E-state index in [1.54, 1.807) is 24.3 Å². The Morgan fingerprint density at radius 1 is 0.975 bits per heavy atom.